The molecular weight excluding hydrogens is 244 g/mol. The summed E-state index contributed by atoms with van der Waals surface area (Å²) in [5.41, 5.74) is 0.173. The van der Waals surface area contributed by atoms with Crippen LogP contribution in [0.5, 0.6) is 0 Å². The molecule has 0 saturated carbocycles. The molecule has 2 amide bonds. The predicted octanol–water partition coefficient (Wildman–Crippen LogP) is 1.98. The lowest BCUT2D eigenvalue weighted by Gasteiger charge is -2.29. The van der Waals surface area contributed by atoms with Gasteiger partial charge in [-0.3, -0.25) is 4.79 Å². The Labute approximate surface area is 114 Å². The largest absolute Gasteiger partial charge is 0.453 e. The number of hydrogen-bond donors (Lipinski definition) is 2. The molecule has 0 heterocycles. The van der Waals surface area contributed by atoms with E-state index in [0.29, 0.717) is 0 Å². The van der Waals surface area contributed by atoms with Crippen LogP contribution in [0.15, 0.2) is 12.2 Å². The van der Waals surface area contributed by atoms with E-state index in [1.165, 1.54) is 7.11 Å². The average Bonchev–Trinajstić information content (AvgIpc) is 2.85. The Kier molecular flexibility index (Phi) is 6.39. The van der Waals surface area contributed by atoms with Crippen LogP contribution < -0.4 is 10.6 Å². The number of hydrogen-bond acceptors (Lipinski definition) is 3. The quantitative estimate of drug-likeness (QED) is 0.522. The molecular formula is C14H24N2O3. The maximum Gasteiger partial charge on any atom is 0.407 e. The molecule has 5 heteroatoms. The average molecular weight is 268 g/mol. The highest BCUT2D eigenvalue weighted by molar-refractivity contribution is 5.67. The van der Waals surface area contributed by atoms with Crippen LogP contribution in [-0.4, -0.2) is 32.2 Å². The number of rotatable bonds is 8. The zero-order valence-electron chi connectivity index (χ0n) is 11.8. The topological polar surface area (TPSA) is 67.4 Å². The van der Waals surface area contributed by atoms with Gasteiger partial charge in [0.25, 0.3) is 0 Å². The third-order valence-corrected chi connectivity index (χ3v) is 3.72. The minimum Gasteiger partial charge on any atom is -0.453 e. The van der Waals surface area contributed by atoms with Crippen LogP contribution in [-0.2, 0) is 9.53 Å². The van der Waals surface area contributed by atoms with Gasteiger partial charge in [0.2, 0.25) is 6.41 Å². The number of amides is 2. The fourth-order valence-electron chi connectivity index (χ4n) is 2.56. The summed E-state index contributed by atoms with van der Waals surface area (Å²) in [6.07, 6.45) is 9.78. The molecule has 1 unspecified atom stereocenters. The molecule has 0 spiro atoms. The van der Waals surface area contributed by atoms with Crippen molar-refractivity contribution in [1.29, 1.82) is 0 Å². The molecule has 5 nitrogen and oxygen atoms in total. The molecule has 0 aromatic rings. The van der Waals surface area contributed by atoms with Crippen molar-refractivity contribution >= 4 is 12.5 Å². The summed E-state index contributed by atoms with van der Waals surface area (Å²) in [5.74, 6) is 0. The number of alkyl carbamates (subject to hydrolysis) is 1. The van der Waals surface area contributed by atoms with E-state index >= 15 is 0 Å². The van der Waals surface area contributed by atoms with E-state index in [9.17, 15) is 9.59 Å². The second-order valence-electron chi connectivity index (χ2n) is 5.31. The SMILES string of the molecule is COC(=O)NC(C)CCCC1(CNC=O)CC=CC1. The molecule has 1 atom stereocenters. The number of carbonyl (C=O) groups excluding carboxylic acids is 2. The van der Waals surface area contributed by atoms with Crippen LogP contribution in [0, 0.1) is 5.41 Å². The van der Waals surface area contributed by atoms with Gasteiger partial charge in [0.1, 0.15) is 0 Å². The summed E-state index contributed by atoms with van der Waals surface area (Å²) < 4.78 is 4.56. The van der Waals surface area contributed by atoms with Gasteiger partial charge in [-0.05, 0) is 38.0 Å². The first-order chi connectivity index (χ1) is 9.12. The number of allylic oxidation sites excluding steroid dienone is 2. The smallest absolute Gasteiger partial charge is 0.407 e. The summed E-state index contributed by atoms with van der Waals surface area (Å²) in [4.78, 5) is 21.5. The van der Waals surface area contributed by atoms with Crippen molar-refractivity contribution in [3.63, 3.8) is 0 Å². The van der Waals surface area contributed by atoms with Crippen LogP contribution in [0.2, 0.25) is 0 Å². The first-order valence-electron chi connectivity index (χ1n) is 6.78. The summed E-state index contributed by atoms with van der Waals surface area (Å²) in [6, 6.07) is 0.109. The summed E-state index contributed by atoms with van der Waals surface area (Å²) >= 11 is 0. The highest BCUT2D eigenvalue weighted by Crippen LogP contribution is 2.37. The Morgan fingerprint density at radius 1 is 1.47 bits per heavy atom. The zero-order chi connectivity index (χ0) is 14.1. The van der Waals surface area contributed by atoms with E-state index in [1.807, 2.05) is 6.92 Å². The van der Waals surface area contributed by atoms with Gasteiger partial charge in [0, 0.05) is 12.6 Å². The van der Waals surface area contributed by atoms with Crippen molar-refractivity contribution < 1.29 is 14.3 Å². The van der Waals surface area contributed by atoms with Crippen LogP contribution in [0.3, 0.4) is 0 Å². The Hall–Kier alpha value is -1.52. The number of methoxy groups -OCH3 is 1. The van der Waals surface area contributed by atoms with Gasteiger partial charge in [-0.2, -0.15) is 0 Å². The number of nitrogens with one attached hydrogen (secondary N) is 2. The maximum absolute atomic E-state index is 11.1. The standard InChI is InChI=1S/C14H24N2O3/c1-12(16-13(18)19-2)6-5-9-14(10-15-11-17)7-3-4-8-14/h3-4,11-12H,5-10H2,1-2H3,(H,15,17)(H,16,18). The first-order valence-corrected chi connectivity index (χ1v) is 6.78. The summed E-state index contributed by atoms with van der Waals surface area (Å²) in [5, 5.41) is 5.56. The van der Waals surface area contributed by atoms with E-state index in [-0.39, 0.29) is 17.6 Å². The van der Waals surface area contributed by atoms with Crippen LogP contribution in [0.25, 0.3) is 0 Å². The van der Waals surface area contributed by atoms with Crippen LogP contribution >= 0.6 is 0 Å². The monoisotopic (exact) mass is 268 g/mol. The Morgan fingerprint density at radius 3 is 2.74 bits per heavy atom. The third kappa shape index (κ3) is 5.32. The fourth-order valence-corrected chi connectivity index (χ4v) is 2.56. The third-order valence-electron chi connectivity index (χ3n) is 3.72. The molecule has 0 radical (unpaired) electrons. The molecule has 2 N–H and O–H groups in total. The van der Waals surface area contributed by atoms with Crippen LogP contribution in [0.4, 0.5) is 4.79 Å². The first kappa shape index (κ1) is 15.5. The highest BCUT2D eigenvalue weighted by atomic mass is 16.5. The van der Waals surface area contributed by atoms with Gasteiger partial charge in [0.15, 0.2) is 0 Å². The van der Waals surface area contributed by atoms with E-state index in [1.54, 1.807) is 0 Å². The molecule has 0 aromatic heterocycles. The van der Waals surface area contributed by atoms with Crippen molar-refractivity contribution in [2.75, 3.05) is 13.7 Å². The minimum atomic E-state index is -0.382. The molecule has 108 valence electrons. The van der Waals surface area contributed by atoms with Gasteiger partial charge < -0.3 is 15.4 Å². The molecule has 0 bridgehead atoms. The lowest BCUT2D eigenvalue weighted by molar-refractivity contribution is -0.110. The Bertz CT molecular complexity index is 321. The molecule has 0 saturated heterocycles. The van der Waals surface area contributed by atoms with E-state index < -0.39 is 0 Å². The van der Waals surface area contributed by atoms with Crippen LogP contribution in [0.1, 0.15) is 39.0 Å². The minimum absolute atomic E-state index is 0.109. The second-order valence-corrected chi connectivity index (χ2v) is 5.31. The predicted molar refractivity (Wildman–Crippen MR) is 73.7 cm³/mol. The molecule has 0 aromatic carbocycles. The van der Waals surface area contributed by atoms with Gasteiger partial charge in [-0.25, -0.2) is 4.79 Å². The summed E-state index contributed by atoms with van der Waals surface area (Å²) in [7, 11) is 1.37. The molecule has 0 aliphatic heterocycles. The Morgan fingerprint density at radius 2 is 2.16 bits per heavy atom. The molecule has 1 aliphatic rings. The molecule has 19 heavy (non-hydrogen) atoms. The fraction of sp³-hybridized carbons (Fsp3) is 0.714. The van der Waals surface area contributed by atoms with Crippen molar-refractivity contribution in [3.05, 3.63) is 12.2 Å². The zero-order valence-corrected chi connectivity index (χ0v) is 11.8. The normalized spacial score (nSPS) is 17.8. The van der Waals surface area contributed by atoms with Crippen molar-refractivity contribution in [3.8, 4) is 0 Å². The molecule has 0 fully saturated rings. The molecule has 1 aliphatic carbocycles. The lowest BCUT2D eigenvalue weighted by Crippen LogP contribution is -2.34. The summed E-state index contributed by atoms with van der Waals surface area (Å²) in [6.45, 7) is 2.70. The van der Waals surface area contributed by atoms with Crippen molar-refractivity contribution in [2.45, 2.75) is 45.1 Å². The van der Waals surface area contributed by atoms with Crippen molar-refractivity contribution in [2.24, 2.45) is 5.41 Å². The van der Waals surface area contributed by atoms with Gasteiger partial charge in [0.05, 0.1) is 7.11 Å². The second kappa shape index (κ2) is 7.81. The molecule has 1 rings (SSSR count). The number of ether oxygens (including phenoxy) is 1. The van der Waals surface area contributed by atoms with E-state index in [4.69, 9.17) is 0 Å². The maximum atomic E-state index is 11.1. The van der Waals surface area contributed by atoms with Gasteiger partial charge >= 0.3 is 6.09 Å². The van der Waals surface area contributed by atoms with E-state index in [0.717, 1.165) is 45.1 Å². The Balaban J connectivity index is 2.28. The van der Waals surface area contributed by atoms with Gasteiger partial charge in [-0.15, -0.1) is 0 Å². The van der Waals surface area contributed by atoms with Gasteiger partial charge in [-0.1, -0.05) is 18.6 Å². The highest BCUT2D eigenvalue weighted by Gasteiger charge is 2.30. The van der Waals surface area contributed by atoms with E-state index in [2.05, 4.69) is 27.5 Å². The van der Waals surface area contributed by atoms with Crippen molar-refractivity contribution in [1.82, 2.24) is 10.6 Å². The number of carbonyl (C=O) groups is 2. The lowest BCUT2D eigenvalue weighted by atomic mass is 9.80.